The van der Waals surface area contributed by atoms with Crippen LogP contribution in [0.4, 0.5) is 0 Å². The van der Waals surface area contributed by atoms with E-state index in [0.717, 1.165) is 23.1 Å². The molecule has 0 bridgehead atoms. The molecule has 0 amide bonds. The lowest BCUT2D eigenvalue weighted by atomic mass is 10.0. The topological polar surface area (TPSA) is 34.9 Å². The number of aryl methyl sites for hydroxylation is 1. The van der Waals surface area contributed by atoms with Crippen molar-refractivity contribution < 1.29 is 4.79 Å². The van der Waals surface area contributed by atoms with Gasteiger partial charge in [-0.1, -0.05) is 18.2 Å². The Labute approximate surface area is 106 Å². The number of carbonyl (C=O) groups excluding carboxylic acids is 1. The molecular weight excluding hydrogens is 224 g/mol. The Bertz CT molecular complexity index is 611. The maximum absolute atomic E-state index is 11.6. The van der Waals surface area contributed by atoms with Crippen molar-refractivity contribution in [2.75, 3.05) is 0 Å². The van der Waals surface area contributed by atoms with Gasteiger partial charge in [-0.15, -0.1) is 0 Å². The third-order valence-corrected chi connectivity index (χ3v) is 3.49. The molecule has 0 radical (unpaired) electrons. The molecule has 0 saturated carbocycles. The summed E-state index contributed by atoms with van der Waals surface area (Å²) in [5, 5.41) is 4.35. The van der Waals surface area contributed by atoms with E-state index in [2.05, 4.69) is 31.2 Å². The van der Waals surface area contributed by atoms with Gasteiger partial charge < -0.3 is 0 Å². The molecule has 0 saturated heterocycles. The fourth-order valence-electron chi connectivity index (χ4n) is 2.40. The lowest BCUT2D eigenvalue weighted by molar-refractivity contribution is 0.0994. The maximum atomic E-state index is 11.6. The second-order valence-corrected chi connectivity index (χ2v) is 5.10. The summed E-state index contributed by atoms with van der Waals surface area (Å²) in [5.74, 6) is 0.273. The molecule has 1 aliphatic rings. The van der Waals surface area contributed by atoms with Crippen LogP contribution in [-0.4, -0.2) is 15.6 Å². The van der Waals surface area contributed by atoms with Crippen LogP contribution in [0.15, 0.2) is 30.6 Å². The Morgan fingerprint density at radius 1 is 1.22 bits per heavy atom. The molecule has 0 spiro atoms. The number of aromatic nitrogens is 2. The van der Waals surface area contributed by atoms with Crippen LogP contribution in [0.3, 0.4) is 0 Å². The van der Waals surface area contributed by atoms with Gasteiger partial charge in [-0.25, -0.2) is 0 Å². The van der Waals surface area contributed by atoms with E-state index in [4.69, 9.17) is 0 Å². The lowest BCUT2D eigenvalue weighted by Gasteiger charge is -2.04. The summed E-state index contributed by atoms with van der Waals surface area (Å²) in [6, 6.07) is 6.47. The number of hydrogen-bond donors (Lipinski definition) is 0. The Hall–Kier alpha value is -1.90. The van der Waals surface area contributed by atoms with Gasteiger partial charge in [0.1, 0.15) is 0 Å². The van der Waals surface area contributed by atoms with Gasteiger partial charge in [-0.05, 0) is 31.4 Å². The highest BCUT2D eigenvalue weighted by atomic mass is 16.1. The third kappa shape index (κ3) is 1.76. The summed E-state index contributed by atoms with van der Waals surface area (Å²) in [7, 11) is 0. The monoisotopic (exact) mass is 240 g/mol. The molecule has 1 heterocycles. The molecule has 2 aromatic rings. The molecule has 0 N–H and O–H groups in total. The number of nitrogens with zero attached hydrogens (tertiary/aromatic N) is 2. The number of fused-ring (bicyclic) bond motifs is 1. The zero-order valence-electron chi connectivity index (χ0n) is 10.7. The highest BCUT2D eigenvalue weighted by Crippen LogP contribution is 2.28. The summed E-state index contributed by atoms with van der Waals surface area (Å²) >= 11 is 0. The van der Waals surface area contributed by atoms with E-state index in [9.17, 15) is 4.79 Å². The molecular formula is C15H16N2O. The summed E-state index contributed by atoms with van der Waals surface area (Å²) in [5.41, 5.74) is 4.34. The van der Waals surface area contributed by atoms with Gasteiger partial charge in [0.15, 0.2) is 5.78 Å². The molecule has 1 aromatic carbocycles. The standard InChI is InChI=1S/C15H16N2O/c1-10(2)17-9-13(8-16-17)11-3-5-14-12(7-11)4-6-15(14)18/h3,5,7-10H,4,6H2,1-2H3. The van der Waals surface area contributed by atoms with Gasteiger partial charge in [0.25, 0.3) is 0 Å². The number of benzene rings is 1. The maximum Gasteiger partial charge on any atom is 0.163 e. The van der Waals surface area contributed by atoms with Gasteiger partial charge in [0.2, 0.25) is 0 Å². The summed E-state index contributed by atoms with van der Waals surface area (Å²) in [4.78, 5) is 11.6. The van der Waals surface area contributed by atoms with Crippen molar-refractivity contribution in [1.29, 1.82) is 0 Å². The van der Waals surface area contributed by atoms with Gasteiger partial charge >= 0.3 is 0 Å². The molecule has 1 aromatic heterocycles. The minimum Gasteiger partial charge on any atom is -0.294 e. The predicted octanol–water partition coefficient (Wildman–Crippen LogP) is 3.26. The van der Waals surface area contributed by atoms with Crippen LogP contribution in [0.1, 0.15) is 42.2 Å². The smallest absolute Gasteiger partial charge is 0.163 e. The van der Waals surface area contributed by atoms with Crippen molar-refractivity contribution in [2.45, 2.75) is 32.7 Å². The average molecular weight is 240 g/mol. The predicted molar refractivity (Wildman–Crippen MR) is 70.7 cm³/mol. The van der Waals surface area contributed by atoms with Crippen molar-refractivity contribution in [3.05, 3.63) is 41.7 Å². The zero-order chi connectivity index (χ0) is 12.7. The SMILES string of the molecule is CC(C)n1cc(-c2ccc3c(c2)CCC3=O)cn1. The van der Waals surface area contributed by atoms with E-state index in [1.807, 2.05) is 23.0 Å². The van der Waals surface area contributed by atoms with Crippen molar-refractivity contribution in [1.82, 2.24) is 9.78 Å². The molecule has 3 rings (SSSR count). The van der Waals surface area contributed by atoms with E-state index in [-0.39, 0.29) is 5.78 Å². The second kappa shape index (κ2) is 4.09. The lowest BCUT2D eigenvalue weighted by Crippen LogP contribution is -1.99. The molecule has 0 unspecified atom stereocenters. The molecule has 0 fully saturated rings. The van der Waals surface area contributed by atoms with Crippen molar-refractivity contribution >= 4 is 5.78 Å². The first-order chi connectivity index (χ1) is 8.65. The molecule has 18 heavy (non-hydrogen) atoms. The first-order valence-corrected chi connectivity index (χ1v) is 6.36. The summed E-state index contributed by atoms with van der Waals surface area (Å²) in [6.45, 7) is 4.22. The van der Waals surface area contributed by atoms with Gasteiger partial charge in [0.05, 0.1) is 6.20 Å². The van der Waals surface area contributed by atoms with Crippen molar-refractivity contribution in [3.63, 3.8) is 0 Å². The number of ketones is 1. The van der Waals surface area contributed by atoms with Crippen LogP contribution in [-0.2, 0) is 6.42 Å². The highest BCUT2D eigenvalue weighted by molar-refractivity contribution is 6.00. The normalized spacial score (nSPS) is 14.3. The van der Waals surface area contributed by atoms with Gasteiger partial charge in [-0.3, -0.25) is 9.48 Å². The molecule has 92 valence electrons. The van der Waals surface area contributed by atoms with Gasteiger partial charge in [-0.2, -0.15) is 5.10 Å². The number of Topliss-reactive ketones (excluding diaryl/α,β-unsaturated/α-hetero) is 1. The number of hydrogen-bond acceptors (Lipinski definition) is 2. The summed E-state index contributed by atoms with van der Waals surface area (Å²) < 4.78 is 1.95. The fourth-order valence-corrected chi connectivity index (χ4v) is 2.40. The first-order valence-electron chi connectivity index (χ1n) is 6.36. The minimum absolute atomic E-state index is 0.273. The van der Waals surface area contributed by atoms with Gasteiger partial charge in [0, 0.05) is 29.8 Å². The highest BCUT2D eigenvalue weighted by Gasteiger charge is 2.19. The van der Waals surface area contributed by atoms with Crippen LogP contribution in [0.5, 0.6) is 0 Å². The van der Waals surface area contributed by atoms with E-state index < -0.39 is 0 Å². The van der Waals surface area contributed by atoms with Crippen LogP contribution in [0.2, 0.25) is 0 Å². The van der Waals surface area contributed by atoms with E-state index in [1.165, 1.54) is 5.56 Å². The van der Waals surface area contributed by atoms with Crippen molar-refractivity contribution in [3.8, 4) is 11.1 Å². The molecule has 3 heteroatoms. The Morgan fingerprint density at radius 2 is 2.06 bits per heavy atom. The first kappa shape index (κ1) is 11.2. The third-order valence-electron chi connectivity index (χ3n) is 3.49. The Kier molecular flexibility index (Phi) is 2.54. The van der Waals surface area contributed by atoms with Crippen LogP contribution in [0.25, 0.3) is 11.1 Å². The summed E-state index contributed by atoms with van der Waals surface area (Å²) in [6.07, 6.45) is 5.48. The molecule has 0 aliphatic heterocycles. The fraction of sp³-hybridized carbons (Fsp3) is 0.333. The Balaban J connectivity index is 1.99. The van der Waals surface area contributed by atoms with Crippen molar-refractivity contribution in [2.24, 2.45) is 0 Å². The van der Waals surface area contributed by atoms with Crippen LogP contribution < -0.4 is 0 Å². The van der Waals surface area contributed by atoms with E-state index in [1.54, 1.807) is 0 Å². The second-order valence-electron chi connectivity index (χ2n) is 5.10. The Morgan fingerprint density at radius 3 is 2.78 bits per heavy atom. The van der Waals surface area contributed by atoms with Crippen LogP contribution >= 0.6 is 0 Å². The largest absolute Gasteiger partial charge is 0.294 e. The number of carbonyl (C=O) groups is 1. The zero-order valence-corrected chi connectivity index (χ0v) is 10.7. The number of rotatable bonds is 2. The molecule has 0 atom stereocenters. The van der Waals surface area contributed by atoms with E-state index in [0.29, 0.717) is 12.5 Å². The van der Waals surface area contributed by atoms with Crippen LogP contribution in [0, 0.1) is 0 Å². The van der Waals surface area contributed by atoms with E-state index >= 15 is 0 Å². The quantitative estimate of drug-likeness (QED) is 0.807. The average Bonchev–Trinajstić information content (AvgIpc) is 2.96. The molecule has 1 aliphatic carbocycles. The molecule has 3 nitrogen and oxygen atoms in total. The minimum atomic E-state index is 0.273.